The Morgan fingerprint density at radius 2 is 1.57 bits per heavy atom. The summed E-state index contributed by atoms with van der Waals surface area (Å²) in [5.74, 6) is 0. The lowest BCUT2D eigenvalue weighted by atomic mass is 9.71. The summed E-state index contributed by atoms with van der Waals surface area (Å²) in [6.07, 6.45) is 19.1. The Bertz CT molecular complexity index is 310. The first kappa shape index (κ1) is 17.4. The molecule has 2 aliphatic carbocycles. The maximum Gasteiger partial charge on any atom is 0.508 e. The minimum atomic E-state index is -1.42. The van der Waals surface area contributed by atoms with Gasteiger partial charge < -0.3 is 0 Å². The summed E-state index contributed by atoms with van der Waals surface area (Å²) in [4.78, 5) is 0. The van der Waals surface area contributed by atoms with Crippen LogP contribution in [0.15, 0.2) is 0 Å². The van der Waals surface area contributed by atoms with E-state index >= 15 is 0 Å². The molecule has 2 atom stereocenters. The van der Waals surface area contributed by atoms with Gasteiger partial charge in [-0.25, -0.2) is 0 Å². The molecule has 0 heterocycles. The van der Waals surface area contributed by atoms with Gasteiger partial charge in [-0.3, -0.25) is 0 Å². The van der Waals surface area contributed by atoms with Gasteiger partial charge in [-0.1, -0.05) is 58.3 Å². The SMILES string of the molecule is CCCCCCCC[P+](=O)OC1CCCCC12CCCC2. The molecule has 0 saturated heterocycles. The molecule has 0 aliphatic heterocycles. The van der Waals surface area contributed by atoms with Crippen molar-refractivity contribution < 1.29 is 9.09 Å². The van der Waals surface area contributed by atoms with E-state index < -0.39 is 8.03 Å². The van der Waals surface area contributed by atoms with Crippen LogP contribution in [0.4, 0.5) is 0 Å². The van der Waals surface area contributed by atoms with E-state index in [1.54, 1.807) is 0 Å². The van der Waals surface area contributed by atoms with Crippen molar-refractivity contribution in [2.24, 2.45) is 5.41 Å². The topological polar surface area (TPSA) is 26.3 Å². The molecule has 0 aromatic carbocycles. The van der Waals surface area contributed by atoms with Crippen molar-refractivity contribution in [1.82, 2.24) is 0 Å². The van der Waals surface area contributed by atoms with E-state index in [-0.39, 0.29) is 0 Å². The number of hydrogen-bond acceptors (Lipinski definition) is 2. The lowest BCUT2D eigenvalue weighted by molar-refractivity contribution is 0.0173. The fourth-order valence-corrected chi connectivity index (χ4v) is 5.51. The second-order valence-corrected chi connectivity index (χ2v) is 8.56. The molecule has 2 fully saturated rings. The zero-order chi connectivity index (χ0) is 15.0. The van der Waals surface area contributed by atoms with Crippen molar-refractivity contribution in [3.8, 4) is 0 Å². The largest absolute Gasteiger partial charge is 0.508 e. The third-order valence-corrected chi connectivity index (χ3v) is 6.78. The highest BCUT2D eigenvalue weighted by molar-refractivity contribution is 7.39. The van der Waals surface area contributed by atoms with Crippen LogP contribution in [-0.2, 0) is 9.09 Å². The highest BCUT2D eigenvalue weighted by atomic mass is 31.1. The predicted octanol–water partition coefficient (Wildman–Crippen LogP) is 6.61. The Morgan fingerprint density at radius 3 is 2.29 bits per heavy atom. The molecule has 0 aromatic rings. The van der Waals surface area contributed by atoms with Crippen molar-refractivity contribution in [2.75, 3.05) is 6.16 Å². The van der Waals surface area contributed by atoms with Crippen LogP contribution in [0.25, 0.3) is 0 Å². The summed E-state index contributed by atoms with van der Waals surface area (Å²) in [5.41, 5.74) is 0.407. The van der Waals surface area contributed by atoms with Gasteiger partial charge in [0.05, 0.1) is 0 Å². The van der Waals surface area contributed by atoms with Crippen LogP contribution in [0.3, 0.4) is 0 Å². The van der Waals surface area contributed by atoms with Gasteiger partial charge in [0.1, 0.15) is 6.10 Å². The van der Waals surface area contributed by atoms with E-state index in [0.29, 0.717) is 11.5 Å². The maximum atomic E-state index is 12.3. The van der Waals surface area contributed by atoms with Gasteiger partial charge in [-0.05, 0) is 43.1 Å². The molecule has 2 rings (SSSR count). The van der Waals surface area contributed by atoms with Gasteiger partial charge in [0.2, 0.25) is 0 Å². The zero-order valence-electron chi connectivity index (χ0n) is 13.9. The molecule has 0 bridgehead atoms. The third-order valence-electron chi connectivity index (χ3n) is 5.61. The van der Waals surface area contributed by atoms with Gasteiger partial charge in [-0.2, -0.15) is 0 Å². The molecule has 3 heteroatoms. The van der Waals surface area contributed by atoms with Crippen molar-refractivity contribution in [2.45, 2.75) is 103 Å². The van der Waals surface area contributed by atoms with Crippen LogP contribution in [0.2, 0.25) is 0 Å². The molecule has 0 amide bonds. The summed E-state index contributed by atoms with van der Waals surface area (Å²) in [6, 6.07) is 0. The fourth-order valence-electron chi connectivity index (χ4n) is 4.31. The van der Waals surface area contributed by atoms with Crippen LogP contribution in [0, 0.1) is 5.41 Å². The van der Waals surface area contributed by atoms with Gasteiger partial charge in [-0.15, -0.1) is 4.52 Å². The summed E-state index contributed by atoms with van der Waals surface area (Å²) < 4.78 is 18.3. The van der Waals surface area contributed by atoms with Crippen LogP contribution >= 0.6 is 8.03 Å². The van der Waals surface area contributed by atoms with Crippen LogP contribution in [0.1, 0.15) is 96.8 Å². The Balaban J connectivity index is 1.66. The summed E-state index contributed by atoms with van der Waals surface area (Å²) in [6.45, 7) is 2.24. The van der Waals surface area contributed by atoms with Gasteiger partial charge in [0.25, 0.3) is 0 Å². The third kappa shape index (κ3) is 5.32. The van der Waals surface area contributed by atoms with E-state index in [0.717, 1.165) is 19.0 Å². The molecular formula is C18H34O2P+. The molecule has 2 aliphatic rings. The van der Waals surface area contributed by atoms with Crippen molar-refractivity contribution in [1.29, 1.82) is 0 Å². The lowest BCUT2D eigenvalue weighted by Gasteiger charge is -2.38. The van der Waals surface area contributed by atoms with Crippen molar-refractivity contribution in [3.05, 3.63) is 0 Å². The van der Waals surface area contributed by atoms with Gasteiger partial charge >= 0.3 is 8.03 Å². The molecule has 2 saturated carbocycles. The van der Waals surface area contributed by atoms with E-state index in [1.807, 2.05) is 0 Å². The first-order chi connectivity index (χ1) is 10.3. The number of rotatable bonds is 9. The first-order valence-corrected chi connectivity index (χ1v) is 10.7. The second kappa shape index (κ2) is 9.26. The van der Waals surface area contributed by atoms with Crippen LogP contribution in [0.5, 0.6) is 0 Å². The van der Waals surface area contributed by atoms with E-state index in [4.69, 9.17) is 4.52 Å². The Hall–Kier alpha value is 0.0600. The Kier molecular flexibility index (Phi) is 7.68. The first-order valence-electron chi connectivity index (χ1n) is 9.38. The summed E-state index contributed by atoms with van der Waals surface area (Å²) in [5, 5.41) is 0. The fraction of sp³-hybridized carbons (Fsp3) is 1.00. The normalized spacial score (nSPS) is 25.4. The zero-order valence-corrected chi connectivity index (χ0v) is 14.8. The summed E-state index contributed by atoms with van der Waals surface area (Å²) in [7, 11) is -1.42. The molecule has 2 nitrogen and oxygen atoms in total. The number of hydrogen-bond donors (Lipinski definition) is 0. The summed E-state index contributed by atoms with van der Waals surface area (Å²) >= 11 is 0. The lowest BCUT2D eigenvalue weighted by Crippen LogP contribution is -2.36. The highest BCUT2D eigenvalue weighted by Crippen LogP contribution is 2.52. The van der Waals surface area contributed by atoms with Crippen molar-refractivity contribution >= 4 is 8.03 Å². The Labute approximate surface area is 132 Å². The smallest absolute Gasteiger partial charge is 0.142 e. The Morgan fingerprint density at radius 1 is 0.952 bits per heavy atom. The second-order valence-electron chi connectivity index (χ2n) is 7.23. The van der Waals surface area contributed by atoms with Gasteiger partial charge in [0.15, 0.2) is 6.16 Å². The molecule has 122 valence electrons. The highest BCUT2D eigenvalue weighted by Gasteiger charge is 2.46. The van der Waals surface area contributed by atoms with Gasteiger partial charge in [0, 0.05) is 5.41 Å². The molecule has 0 radical (unpaired) electrons. The molecular weight excluding hydrogens is 279 g/mol. The molecule has 2 unspecified atom stereocenters. The average molecular weight is 313 g/mol. The van der Waals surface area contributed by atoms with E-state index in [2.05, 4.69) is 6.92 Å². The quantitative estimate of drug-likeness (QED) is 0.353. The number of unbranched alkanes of at least 4 members (excludes halogenated alkanes) is 5. The average Bonchev–Trinajstić information content (AvgIpc) is 2.95. The van der Waals surface area contributed by atoms with E-state index in [1.165, 1.54) is 77.0 Å². The van der Waals surface area contributed by atoms with Crippen LogP contribution < -0.4 is 0 Å². The van der Waals surface area contributed by atoms with E-state index in [9.17, 15) is 4.57 Å². The molecule has 21 heavy (non-hydrogen) atoms. The van der Waals surface area contributed by atoms with Crippen molar-refractivity contribution in [3.63, 3.8) is 0 Å². The minimum absolute atomic E-state index is 0.303. The molecule has 0 aromatic heterocycles. The van der Waals surface area contributed by atoms with Crippen LogP contribution in [-0.4, -0.2) is 12.3 Å². The monoisotopic (exact) mass is 313 g/mol. The standard InChI is InChI=1S/C18H34O2P/c1-2-3-4-5-6-11-16-21(19)20-17-12-7-8-13-18(17)14-9-10-15-18/h17H,2-16H2,1H3/q+1. The molecule has 1 spiro atoms. The minimum Gasteiger partial charge on any atom is -0.142 e. The maximum absolute atomic E-state index is 12.3. The predicted molar refractivity (Wildman–Crippen MR) is 90.1 cm³/mol. The molecule has 0 N–H and O–H groups in total.